The van der Waals surface area contributed by atoms with Crippen LogP contribution in [-0.2, 0) is 19.3 Å². The van der Waals surface area contributed by atoms with Crippen LogP contribution in [-0.4, -0.2) is 30.9 Å². The summed E-state index contributed by atoms with van der Waals surface area (Å²) in [6.45, 7) is 0.866. The van der Waals surface area contributed by atoms with Crippen molar-refractivity contribution in [3.8, 4) is 28.5 Å². The Morgan fingerprint density at radius 2 is 1.92 bits per heavy atom. The number of nitrogens with one attached hydrogen (secondary N) is 1. The molecule has 3 aromatic rings. The van der Waals surface area contributed by atoms with E-state index >= 15 is 0 Å². The number of aryl methyl sites for hydroxylation is 1. The molecule has 2 N–H and O–H groups in total. The highest BCUT2D eigenvalue weighted by molar-refractivity contribution is 6.02. The number of aromatic hydroxyl groups is 1. The average molecular weight is 348 g/mol. The fourth-order valence-electron chi connectivity index (χ4n) is 4.38. The zero-order valence-corrected chi connectivity index (χ0v) is 14.8. The second-order valence-electron chi connectivity index (χ2n) is 6.82. The molecule has 1 aliphatic heterocycles. The van der Waals surface area contributed by atoms with Crippen molar-refractivity contribution in [2.75, 3.05) is 26.1 Å². The Balaban J connectivity index is 1.88. The van der Waals surface area contributed by atoms with Gasteiger partial charge in [-0.25, -0.2) is 4.98 Å². The van der Waals surface area contributed by atoms with Crippen molar-refractivity contribution >= 4 is 16.6 Å². The Morgan fingerprint density at radius 1 is 1.04 bits per heavy atom. The normalized spacial score (nSPS) is 14.4. The third kappa shape index (κ3) is 2.00. The highest BCUT2D eigenvalue weighted by Gasteiger charge is 2.28. The largest absolute Gasteiger partial charge is 0.508 e. The van der Waals surface area contributed by atoms with Crippen LogP contribution >= 0.6 is 0 Å². The van der Waals surface area contributed by atoms with Gasteiger partial charge in [-0.2, -0.15) is 0 Å². The zero-order chi connectivity index (χ0) is 17.8. The number of phenolic OH excluding ortho intramolecular Hbond substituents is 1. The van der Waals surface area contributed by atoms with Crippen molar-refractivity contribution in [2.45, 2.75) is 19.3 Å². The van der Waals surface area contributed by atoms with Crippen molar-refractivity contribution in [3.63, 3.8) is 0 Å². The third-order valence-corrected chi connectivity index (χ3v) is 5.50. The Labute approximate surface area is 151 Å². The highest BCUT2D eigenvalue weighted by Crippen LogP contribution is 2.47. The van der Waals surface area contributed by atoms with E-state index in [4.69, 9.17) is 14.5 Å². The van der Waals surface area contributed by atoms with Gasteiger partial charge in [0.15, 0.2) is 11.5 Å². The fraction of sp³-hybridized carbons (Fsp3) is 0.286. The number of benzene rings is 2. The molecule has 0 saturated heterocycles. The van der Waals surface area contributed by atoms with Gasteiger partial charge >= 0.3 is 0 Å². The summed E-state index contributed by atoms with van der Waals surface area (Å²) in [6.07, 6.45) is 2.84. The maximum absolute atomic E-state index is 9.82. The number of rotatable bonds is 2. The van der Waals surface area contributed by atoms with Gasteiger partial charge in [-0.05, 0) is 54.2 Å². The second kappa shape index (κ2) is 5.53. The molecular weight excluding hydrogens is 328 g/mol. The van der Waals surface area contributed by atoms with E-state index in [1.807, 2.05) is 18.2 Å². The van der Waals surface area contributed by atoms with Gasteiger partial charge in [0.25, 0.3) is 0 Å². The summed E-state index contributed by atoms with van der Waals surface area (Å²) >= 11 is 0. The van der Waals surface area contributed by atoms with E-state index in [2.05, 4.69) is 5.32 Å². The first-order valence-corrected chi connectivity index (χ1v) is 8.88. The van der Waals surface area contributed by atoms with Crippen molar-refractivity contribution in [3.05, 3.63) is 41.0 Å². The Hall–Kier alpha value is -2.95. The summed E-state index contributed by atoms with van der Waals surface area (Å²) in [7, 11) is 3.32. The summed E-state index contributed by atoms with van der Waals surface area (Å²) in [5.74, 6) is 1.74. The topological polar surface area (TPSA) is 63.6 Å². The number of hydrogen-bond donors (Lipinski definition) is 2. The van der Waals surface area contributed by atoms with Crippen molar-refractivity contribution in [2.24, 2.45) is 0 Å². The molecule has 0 spiro atoms. The molecule has 5 nitrogen and oxygen atoms in total. The van der Waals surface area contributed by atoms with Crippen LogP contribution in [0.25, 0.3) is 22.2 Å². The van der Waals surface area contributed by atoms with Gasteiger partial charge in [0.1, 0.15) is 5.75 Å². The van der Waals surface area contributed by atoms with E-state index in [1.54, 1.807) is 20.3 Å². The first-order chi connectivity index (χ1) is 12.7. The van der Waals surface area contributed by atoms with Gasteiger partial charge in [0, 0.05) is 23.6 Å². The van der Waals surface area contributed by atoms with Crippen LogP contribution in [0.5, 0.6) is 17.2 Å². The SMILES string of the molecule is COc1cc2nc3c(c4c2c(c1OC)NCC4)CCc1cc(O)ccc1-3. The van der Waals surface area contributed by atoms with E-state index in [-0.39, 0.29) is 0 Å². The molecule has 0 bridgehead atoms. The van der Waals surface area contributed by atoms with Gasteiger partial charge in [-0.15, -0.1) is 0 Å². The van der Waals surface area contributed by atoms with Gasteiger partial charge in [-0.1, -0.05) is 0 Å². The van der Waals surface area contributed by atoms with E-state index in [1.165, 1.54) is 11.1 Å². The van der Waals surface area contributed by atoms with E-state index in [0.29, 0.717) is 11.5 Å². The number of phenols is 1. The quantitative estimate of drug-likeness (QED) is 0.739. The molecule has 5 heteroatoms. The van der Waals surface area contributed by atoms with E-state index in [0.717, 1.165) is 65.0 Å². The molecule has 0 atom stereocenters. The first kappa shape index (κ1) is 15.3. The lowest BCUT2D eigenvalue weighted by Crippen LogP contribution is -2.18. The van der Waals surface area contributed by atoms with Crippen LogP contribution in [0.15, 0.2) is 24.3 Å². The minimum atomic E-state index is 0.312. The minimum Gasteiger partial charge on any atom is -0.508 e. The molecule has 1 aliphatic carbocycles. The van der Waals surface area contributed by atoms with Crippen LogP contribution in [0, 0.1) is 0 Å². The van der Waals surface area contributed by atoms with Gasteiger partial charge < -0.3 is 19.9 Å². The number of methoxy groups -OCH3 is 2. The van der Waals surface area contributed by atoms with Crippen molar-refractivity contribution in [1.82, 2.24) is 4.98 Å². The molecular formula is C21H20N2O3. The van der Waals surface area contributed by atoms with Gasteiger partial charge in [-0.3, -0.25) is 0 Å². The number of anilines is 1. The number of nitrogens with zero attached hydrogens (tertiary/aromatic N) is 1. The second-order valence-corrected chi connectivity index (χ2v) is 6.82. The Bertz CT molecular complexity index is 1060. The molecule has 0 unspecified atom stereocenters. The molecule has 2 heterocycles. The van der Waals surface area contributed by atoms with E-state index in [9.17, 15) is 5.11 Å². The van der Waals surface area contributed by atoms with Crippen LogP contribution in [0.2, 0.25) is 0 Å². The molecule has 0 saturated carbocycles. The smallest absolute Gasteiger partial charge is 0.184 e. The van der Waals surface area contributed by atoms with Crippen molar-refractivity contribution < 1.29 is 14.6 Å². The number of pyridine rings is 1. The lowest BCUT2D eigenvalue weighted by Gasteiger charge is -2.28. The number of fused-ring (bicyclic) bond motifs is 4. The summed E-state index contributed by atoms with van der Waals surface area (Å²) in [5.41, 5.74) is 7.90. The maximum atomic E-state index is 9.82. The molecule has 0 fully saturated rings. The molecule has 0 amide bonds. The number of aromatic nitrogens is 1. The van der Waals surface area contributed by atoms with Crippen LogP contribution in [0.1, 0.15) is 16.7 Å². The molecule has 1 aromatic heterocycles. The van der Waals surface area contributed by atoms with Crippen LogP contribution in [0.4, 0.5) is 5.69 Å². The number of ether oxygens (including phenoxy) is 2. The van der Waals surface area contributed by atoms with Gasteiger partial charge in [0.2, 0.25) is 0 Å². The molecule has 0 radical (unpaired) electrons. The molecule has 2 aromatic carbocycles. The predicted octanol–water partition coefficient (Wildman–Crippen LogP) is 3.69. The molecule has 132 valence electrons. The average Bonchev–Trinajstić information content (AvgIpc) is 2.67. The first-order valence-electron chi connectivity index (χ1n) is 8.88. The van der Waals surface area contributed by atoms with Crippen LogP contribution in [0.3, 0.4) is 0 Å². The summed E-state index contributed by atoms with van der Waals surface area (Å²) < 4.78 is 11.2. The Morgan fingerprint density at radius 3 is 2.73 bits per heavy atom. The van der Waals surface area contributed by atoms with Crippen LogP contribution < -0.4 is 14.8 Å². The zero-order valence-electron chi connectivity index (χ0n) is 14.8. The lowest BCUT2D eigenvalue weighted by atomic mass is 9.83. The molecule has 2 aliphatic rings. The standard InChI is InChI=1S/C21H20N2O3/c1-25-17-10-16-18-14(7-8-22-20(18)21(17)26-2)15-5-3-11-9-12(24)4-6-13(11)19(15)23-16/h4,6,9-10,22,24H,3,5,7-8H2,1-2H3. The van der Waals surface area contributed by atoms with Crippen molar-refractivity contribution in [1.29, 1.82) is 0 Å². The Kier molecular flexibility index (Phi) is 3.26. The molecule has 5 rings (SSSR count). The maximum Gasteiger partial charge on any atom is 0.184 e. The lowest BCUT2D eigenvalue weighted by molar-refractivity contribution is 0.357. The third-order valence-electron chi connectivity index (χ3n) is 5.50. The highest BCUT2D eigenvalue weighted by atomic mass is 16.5. The minimum absolute atomic E-state index is 0.312. The van der Waals surface area contributed by atoms with E-state index < -0.39 is 0 Å². The number of hydrogen-bond acceptors (Lipinski definition) is 5. The monoisotopic (exact) mass is 348 g/mol. The predicted molar refractivity (Wildman–Crippen MR) is 102 cm³/mol. The molecule has 26 heavy (non-hydrogen) atoms. The summed E-state index contributed by atoms with van der Waals surface area (Å²) in [5, 5.41) is 14.4. The fourth-order valence-corrected chi connectivity index (χ4v) is 4.38. The van der Waals surface area contributed by atoms with Gasteiger partial charge in [0.05, 0.1) is 31.1 Å². The summed E-state index contributed by atoms with van der Waals surface area (Å²) in [4.78, 5) is 5.02. The summed E-state index contributed by atoms with van der Waals surface area (Å²) in [6, 6.07) is 7.55.